The first-order chi connectivity index (χ1) is 13.8. The molecule has 0 aliphatic carbocycles. The van der Waals surface area contributed by atoms with Crippen molar-refractivity contribution in [2.45, 2.75) is 24.7 Å². The molecule has 0 unspecified atom stereocenters. The number of halogens is 1. The molecule has 2 N–H and O–H groups in total. The molecule has 1 saturated heterocycles. The largest absolute Gasteiger partial charge is 0.508 e. The Morgan fingerprint density at radius 2 is 1.83 bits per heavy atom. The van der Waals surface area contributed by atoms with Gasteiger partial charge in [-0.3, -0.25) is 4.79 Å². The van der Waals surface area contributed by atoms with E-state index in [0.29, 0.717) is 29.1 Å². The van der Waals surface area contributed by atoms with Crippen LogP contribution in [-0.4, -0.2) is 42.5 Å². The number of carbonyl (C=O) groups excluding carboxylic acids is 1. The summed E-state index contributed by atoms with van der Waals surface area (Å²) in [4.78, 5) is 12.6. The number of hydrazone groups is 1. The fraction of sp³-hybridized carbons (Fsp3) is 0.300. The summed E-state index contributed by atoms with van der Waals surface area (Å²) in [6.07, 6.45) is 0.832. The Morgan fingerprint density at radius 1 is 1.17 bits per heavy atom. The minimum atomic E-state index is -3.60. The van der Waals surface area contributed by atoms with Crippen LogP contribution in [-0.2, 0) is 14.8 Å². The van der Waals surface area contributed by atoms with Crippen molar-refractivity contribution in [3.8, 4) is 5.75 Å². The molecule has 3 rings (SSSR count). The molecule has 9 heteroatoms. The van der Waals surface area contributed by atoms with Crippen LogP contribution in [0.3, 0.4) is 0 Å². The van der Waals surface area contributed by atoms with Crippen LogP contribution in [0, 0.1) is 5.92 Å². The maximum absolute atomic E-state index is 12.7. The molecule has 0 radical (unpaired) electrons. The molecule has 1 fully saturated rings. The summed E-state index contributed by atoms with van der Waals surface area (Å²) >= 11 is 5.82. The van der Waals surface area contributed by atoms with E-state index in [2.05, 4.69) is 10.5 Å². The molecular formula is C20H22ClN3O4S. The maximum atomic E-state index is 12.7. The van der Waals surface area contributed by atoms with Gasteiger partial charge in [0.15, 0.2) is 0 Å². The van der Waals surface area contributed by atoms with E-state index in [1.807, 2.05) is 0 Å². The molecule has 1 aliphatic rings. The molecule has 1 aliphatic heterocycles. The van der Waals surface area contributed by atoms with Crippen LogP contribution in [0.25, 0.3) is 0 Å². The third kappa shape index (κ3) is 5.14. The molecule has 29 heavy (non-hydrogen) atoms. The molecule has 0 aromatic heterocycles. The van der Waals surface area contributed by atoms with Gasteiger partial charge in [-0.05, 0) is 56.2 Å². The zero-order valence-electron chi connectivity index (χ0n) is 15.9. The number of rotatable bonds is 5. The molecule has 2 aromatic carbocycles. The van der Waals surface area contributed by atoms with Crippen molar-refractivity contribution in [2.75, 3.05) is 13.1 Å². The monoisotopic (exact) mass is 435 g/mol. The first-order valence-electron chi connectivity index (χ1n) is 9.16. The van der Waals surface area contributed by atoms with Crippen molar-refractivity contribution in [3.05, 3.63) is 59.1 Å². The number of piperidine rings is 1. The minimum absolute atomic E-state index is 0.123. The van der Waals surface area contributed by atoms with Gasteiger partial charge in [-0.1, -0.05) is 23.7 Å². The summed E-state index contributed by atoms with van der Waals surface area (Å²) in [6.45, 7) is 2.26. The molecule has 1 amide bonds. The Bertz CT molecular complexity index is 1010. The lowest BCUT2D eigenvalue weighted by Crippen LogP contribution is -2.42. The number of benzene rings is 2. The number of hydrogen-bond donors (Lipinski definition) is 2. The summed E-state index contributed by atoms with van der Waals surface area (Å²) in [5.41, 5.74) is 3.82. The van der Waals surface area contributed by atoms with Gasteiger partial charge in [0.05, 0.1) is 10.6 Å². The van der Waals surface area contributed by atoms with E-state index in [0.717, 1.165) is 0 Å². The fourth-order valence-electron chi connectivity index (χ4n) is 3.14. The number of nitrogens with one attached hydrogen (secondary N) is 1. The average molecular weight is 436 g/mol. The van der Waals surface area contributed by atoms with Crippen LogP contribution in [0.5, 0.6) is 5.75 Å². The molecule has 1 heterocycles. The highest BCUT2D eigenvalue weighted by molar-refractivity contribution is 7.89. The number of carbonyl (C=O) groups is 1. The molecule has 154 valence electrons. The lowest BCUT2D eigenvalue weighted by molar-refractivity contribution is -0.126. The highest BCUT2D eigenvalue weighted by Gasteiger charge is 2.32. The minimum Gasteiger partial charge on any atom is -0.508 e. The maximum Gasteiger partial charge on any atom is 0.243 e. The van der Waals surface area contributed by atoms with Crippen molar-refractivity contribution in [1.29, 1.82) is 0 Å². The van der Waals surface area contributed by atoms with Crippen LogP contribution >= 0.6 is 11.6 Å². The van der Waals surface area contributed by atoms with Crippen LogP contribution in [0.1, 0.15) is 25.3 Å². The van der Waals surface area contributed by atoms with Crippen LogP contribution in [0.15, 0.2) is 58.5 Å². The lowest BCUT2D eigenvalue weighted by Gasteiger charge is -2.30. The summed E-state index contributed by atoms with van der Waals surface area (Å²) < 4.78 is 26.8. The highest BCUT2D eigenvalue weighted by atomic mass is 35.5. The van der Waals surface area contributed by atoms with E-state index in [1.165, 1.54) is 16.4 Å². The summed E-state index contributed by atoms with van der Waals surface area (Å²) in [5, 5.41) is 14.1. The quantitative estimate of drug-likeness (QED) is 0.557. The van der Waals surface area contributed by atoms with E-state index in [4.69, 9.17) is 11.6 Å². The Hall–Kier alpha value is -2.42. The predicted octanol–water partition coefficient (Wildman–Crippen LogP) is 2.99. The van der Waals surface area contributed by atoms with Crippen LogP contribution in [0.4, 0.5) is 0 Å². The third-order valence-electron chi connectivity index (χ3n) is 4.87. The first-order valence-corrected chi connectivity index (χ1v) is 11.0. The molecular weight excluding hydrogens is 414 g/mol. The van der Waals surface area contributed by atoms with Crippen molar-refractivity contribution >= 4 is 33.2 Å². The van der Waals surface area contributed by atoms with Gasteiger partial charge in [0.25, 0.3) is 0 Å². The number of aromatic hydroxyl groups is 1. The fourth-order valence-corrected chi connectivity index (χ4v) is 4.74. The Balaban J connectivity index is 1.58. The van der Waals surface area contributed by atoms with Gasteiger partial charge < -0.3 is 5.11 Å². The molecule has 0 atom stereocenters. The van der Waals surface area contributed by atoms with Gasteiger partial charge in [0, 0.05) is 29.6 Å². The van der Waals surface area contributed by atoms with Gasteiger partial charge >= 0.3 is 0 Å². The Morgan fingerprint density at radius 3 is 2.45 bits per heavy atom. The van der Waals surface area contributed by atoms with Gasteiger partial charge in [-0.15, -0.1) is 0 Å². The number of phenolic OH excluding ortho intramolecular Hbond substituents is 1. The predicted molar refractivity (Wildman–Crippen MR) is 111 cm³/mol. The second-order valence-corrected chi connectivity index (χ2v) is 9.23. The van der Waals surface area contributed by atoms with Gasteiger partial charge in [0.2, 0.25) is 15.9 Å². The summed E-state index contributed by atoms with van der Waals surface area (Å²) in [7, 11) is -3.60. The summed E-state index contributed by atoms with van der Waals surface area (Å²) in [6, 6.07) is 12.6. The SMILES string of the molecule is C/C(=N/NC(=O)C1CCN(S(=O)(=O)c2ccc(Cl)cc2)CC1)c1cccc(O)c1. The van der Waals surface area contributed by atoms with E-state index in [1.54, 1.807) is 43.3 Å². The Labute approximate surface area is 175 Å². The zero-order chi connectivity index (χ0) is 21.0. The molecule has 0 spiro atoms. The number of nitrogens with zero attached hydrogens (tertiary/aromatic N) is 2. The van der Waals surface area contributed by atoms with Gasteiger partial charge in [-0.2, -0.15) is 9.41 Å². The second-order valence-electron chi connectivity index (χ2n) is 6.86. The normalized spacial score (nSPS) is 16.6. The van der Waals surface area contributed by atoms with Crippen molar-refractivity contribution in [2.24, 2.45) is 11.0 Å². The lowest BCUT2D eigenvalue weighted by atomic mass is 9.98. The third-order valence-corrected chi connectivity index (χ3v) is 7.04. The number of hydrogen-bond acceptors (Lipinski definition) is 5. The number of sulfonamides is 1. The molecule has 0 saturated carbocycles. The topological polar surface area (TPSA) is 99.1 Å². The van der Waals surface area contributed by atoms with Gasteiger partial charge in [0.1, 0.15) is 5.75 Å². The Kier molecular flexibility index (Phi) is 6.56. The molecule has 2 aromatic rings. The molecule has 0 bridgehead atoms. The van der Waals surface area contributed by atoms with Crippen molar-refractivity contribution < 1.29 is 18.3 Å². The number of amides is 1. The van der Waals surface area contributed by atoms with Gasteiger partial charge in [-0.25, -0.2) is 13.8 Å². The standard InChI is InChI=1S/C20H22ClN3O4S/c1-14(16-3-2-4-18(25)13-16)22-23-20(26)15-9-11-24(12-10-15)29(27,28)19-7-5-17(21)6-8-19/h2-8,13,15,25H,9-12H2,1H3,(H,23,26)/b22-14-. The van der Waals surface area contributed by atoms with Crippen molar-refractivity contribution in [3.63, 3.8) is 0 Å². The van der Waals surface area contributed by atoms with Crippen LogP contribution in [0.2, 0.25) is 5.02 Å². The number of phenols is 1. The van der Waals surface area contributed by atoms with E-state index >= 15 is 0 Å². The zero-order valence-corrected chi connectivity index (χ0v) is 17.4. The first kappa shape index (κ1) is 21.3. The smallest absolute Gasteiger partial charge is 0.243 e. The van der Waals surface area contributed by atoms with E-state index < -0.39 is 10.0 Å². The average Bonchev–Trinajstić information content (AvgIpc) is 2.72. The van der Waals surface area contributed by atoms with Crippen molar-refractivity contribution in [1.82, 2.24) is 9.73 Å². The second kappa shape index (κ2) is 8.94. The molecule has 7 nitrogen and oxygen atoms in total. The van der Waals surface area contributed by atoms with E-state index in [-0.39, 0.29) is 35.6 Å². The van der Waals surface area contributed by atoms with E-state index in [9.17, 15) is 18.3 Å². The summed E-state index contributed by atoms with van der Waals surface area (Å²) in [5.74, 6) is -0.432. The van der Waals surface area contributed by atoms with Crippen LogP contribution < -0.4 is 5.43 Å². The highest BCUT2D eigenvalue weighted by Crippen LogP contribution is 2.25.